The van der Waals surface area contributed by atoms with Gasteiger partial charge in [-0.15, -0.1) is 0 Å². The number of nitrogens with two attached hydrogens (primary N) is 1. The number of hydrogen-bond acceptors (Lipinski definition) is 8. The van der Waals surface area contributed by atoms with Crippen molar-refractivity contribution in [3.05, 3.63) is 54.4 Å². The lowest BCUT2D eigenvalue weighted by atomic mass is 10.1. The molecular weight excluding hydrogens is 378 g/mol. The number of ether oxygens (including phenoxy) is 1. The van der Waals surface area contributed by atoms with Gasteiger partial charge in [0.15, 0.2) is 0 Å². The molecule has 0 saturated carbocycles. The monoisotopic (exact) mass is 403 g/mol. The lowest BCUT2D eigenvalue weighted by Gasteiger charge is -2.28. The van der Waals surface area contributed by atoms with E-state index in [0.717, 1.165) is 79.5 Å². The number of morpholine rings is 1. The molecule has 8 heteroatoms. The lowest BCUT2D eigenvalue weighted by Crippen LogP contribution is -2.42. The van der Waals surface area contributed by atoms with Gasteiger partial charge in [0.25, 0.3) is 0 Å². The summed E-state index contributed by atoms with van der Waals surface area (Å²) in [4.78, 5) is 16.2. The Morgan fingerprint density at radius 1 is 0.967 bits per heavy atom. The zero-order valence-electron chi connectivity index (χ0n) is 16.8. The first-order valence-corrected chi connectivity index (χ1v) is 10.3. The molecule has 3 aromatic rings. The minimum atomic E-state index is 0.256. The fraction of sp³-hybridized carbons (Fsp3) is 0.318. The van der Waals surface area contributed by atoms with Crippen LogP contribution in [0.5, 0.6) is 0 Å². The average Bonchev–Trinajstić information content (AvgIpc) is 3.27. The van der Waals surface area contributed by atoms with E-state index in [2.05, 4.69) is 31.5 Å². The number of fused-ring (bicyclic) bond motifs is 1. The molecule has 1 fully saturated rings. The molecule has 0 unspecified atom stereocenters. The summed E-state index contributed by atoms with van der Waals surface area (Å²) in [7, 11) is 0. The summed E-state index contributed by atoms with van der Waals surface area (Å²) in [6.45, 7) is 6.34. The zero-order valence-corrected chi connectivity index (χ0v) is 16.8. The van der Waals surface area contributed by atoms with E-state index in [1.165, 1.54) is 0 Å². The molecule has 1 aromatic carbocycles. The number of anilines is 1. The number of nitrogens with zero attached hydrogens (tertiary/aromatic N) is 5. The Morgan fingerprint density at radius 3 is 2.63 bits per heavy atom. The number of nitrogen functional groups attached to an aromatic ring is 1. The highest BCUT2D eigenvalue weighted by atomic mass is 16.5. The molecule has 30 heavy (non-hydrogen) atoms. The number of pyridine rings is 1. The van der Waals surface area contributed by atoms with Crippen molar-refractivity contribution in [2.75, 3.05) is 51.7 Å². The molecule has 4 heterocycles. The highest BCUT2D eigenvalue weighted by molar-refractivity contribution is 5.91. The first-order valence-electron chi connectivity index (χ1n) is 10.3. The minimum Gasteiger partial charge on any atom is -0.379 e. The predicted octanol–water partition coefficient (Wildman–Crippen LogP) is 1.77. The third-order valence-electron chi connectivity index (χ3n) is 5.48. The molecule has 0 radical (unpaired) electrons. The van der Waals surface area contributed by atoms with Gasteiger partial charge in [-0.2, -0.15) is 0 Å². The van der Waals surface area contributed by atoms with Crippen LogP contribution in [0.2, 0.25) is 0 Å². The van der Waals surface area contributed by atoms with E-state index < -0.39 is 0 Å². The fourth-order valence-corrected chi connectivity index (χ4v) is 3.85. The van der Waals surface area contributed by atoms with E-state index in [1.807, 2.05) is 42.5 Å². The van der Waals surface area contributed by atoms with Gasteiger partial charge < -0.3 is 15.5 Å². The molecule has 0 bridgehead atoms. The molecule has 0 atom stereocenters. The van der Waals surface area contributed by atoms with Crippen LogP contribution < -0.4 is 11.2 Å². The Balaban J connectivity index is 1.40. The quantitative estimate of drug-likeness (QED) is 0.666. The molecular formula is C22H25N7O. The molecule has 2 aromatic heterocycles. The predicted molar refractivity (Wildman–Crippen MR) is 117 cm³/mol. The van der Waals surface area contributed by atoms with Crippen LogP contribution in [0.1, 0.15) is 5.69 Å². The molecule has 3 N–H and O–H groups in total. The van der Waals surface area contributed by atoms with Gasteiger partial charge in [-0.3, -0.25) is 4.90 Å². The number of nitrogens with one attached hydrogen (secondary N) is 1. The van der Waals surface area contributed by atoms with Crippen molar-refractivity contribution in [3.63, 3.8) is 0 Å². The van der Waals surface area contributed by atoms with Gasteiger partial charge in [0.05, 0.1) is 24.4 Å². The van der Waals surface area contributed by atoms with Gasteiger partial charge in [-0.25, -0.2) is 20.4 Å². The van der Waals surface area contributed by atoms with Crippen LogP contribution in [0.15, 0.2) is 48.7 Å². The third kappa shape index (κ3) is 3.97. The van der Waals surface area contributed by atoms with Crippen molar-refractivity contribution >= 4 is 22.6 Å². The number of benzene rings is 1. The molecule has 0 aliphatic carbocycles. The normalized spacial score (nSPS) is 17.5. The van der Waals surface area contributed by atoms with Crippen molar-refractivity contribution in [1.29, 1.82) is 0 Å². The average molecular weight is 403 g/mol. The summed E-state index contributed by atoms with van der Waals surface area (Å²) in [6, 6.07) is 14.0. The van der Waals surface area contributed by atoms with Gasteiger partial charge in [0, 0.05) is 50.1 Å². The highest BCUT2D eigenvalue weighted by Crippen LogP contribution is 2.27. The Bertz CT molecular complexity index is 1060. The first-order chi connectivity index (χ1) is 14.8. The second kappa shape index (κ2) is 8.35. The maximum atomic E-state index is 5.95. The maximum absolute atomic E-state index is 5.95. The second-order valence-electron chi connectivity index (χ2n) is 7.50. The molecule has 8 nitrogen and oxygen atoms in total. The fourth-order valence-electron chi connectivity index (χ4n) is 3.85. The van der Waals surface area contributed by atoms with Crippen LogP contribution in [-0.2, 0) is 4.74 Å². The molecule has 2 aliphatic rings. The van der Waals surface area contributed by atoms with Gasteiger partial charge >= 0.3 is 0 Å². The van der Waals surface area contributed by atoms with Crippen molar-refractivity contribution in [2.24, 2.45) is 0 Å². The number of hydrazine groups is 1. The van der Waals surface area contributed by atoms with Crippen LogP contribution >= 0.6 is 0 Å². The largest absolute Gasteiger partial charge is 0.379 e. The lowest BCUT2D eigenvalue weighted by molar-refractivity contribution is 0.0340. The van der Waals surface area contributed by atoms with Crippen LogP contribution in [0, 0.1) is 0 Å². The second-order valence-corrected chi connectivity index (χ2v) is 7.50. The topological polar surface area (TPSA) is 92.4 Å². The molecule has 1 saturated heterocycles. The van der Waals surface area contributed by atoms with E-state index in [0.29, 0.717) is 0 Å². The Hall–Kier alpha value is -3.07. The SMILES string of the molecule is Nc1nc(-c2ccccc2)c2nc(C3=CN(CCN4CCOCC4)NC3)ccc2n1. The standard InChI is InChI=1S/C22H25N7O/c23-22-26-19-7-6-18(25-21(19)20(27-22)16-4-2-1-3-5-16)17-14-24-29(15-17)9-8-28-10-12-30-13-11-28/h1-7,15,24H,8-14H2,(H2,23,26,27). The molecule has 2 aliphatic heterocycles. The summed E-state index contributed by atoms with van der Waals surface area (Å²) >= 11 is 0. The van der Waals surface area contributed by atoms with Crippen molar-refractivity contribution in [1.82, 2.24) is 30.3 Å². The number of aromatic nitrogens is 3. The Kier molecular flexibility index (Phi) is 5.27. The van der Waals surface area contributed by atoms with Crippen LogP contribution in [0.4, 0.5) is 5.95 Å². The number of hydrogen-bond donors (Lipinski definition) is 2. The number of rotatable bonds is 5. The maximum Gasteiger partial charge on any atom is 0.221 e. The smallest absolute Gasteiger partial charge is 0.221 e. The third-order valence-corrected chi connectivity index (χ3v) is 5.48. The van der Waals surface area contributed by atoms with E-state index >= 15 is 0 Å². The summed E-state index contributed by atoms with van der Waals surface area (Å²) in [5, 5.41) is 2.15. The summed E-state index contributed by atoms with van der Waals surface area (Å²) in [5.74, 6) is 0.256. The van der Waals surface area contributed by atoms with Crippen molar-refractivity contribution in [3.8, 4) is 11.3 Å². The molecule has 0 spiro atoms. The summed E-state index contributed by atoms with van der Waals surface area (Å²) in [6.07, 6.45) is 2.15. The summed E-state index contributed by atoms with van der Waals surface area (Å²) < 4.78 is 5.42. The van der Waals surface area contributed by atoms with E-state index in [1.54, 1.807) is 0 Å². The highest BCUT2D eigenvalue weighted by Gasteiger charge is 2.18. The molecule has 0 amide bonds. The van der Waals surface area contributed by atoms with Gasteiger partial charge in [0.2, 0.25) is 5.95 Å². The van der Waals surface area contributed by atoms with E-state index in [-0.39, 0.29) is 5.95 Å². The van der Waals surface area contributed by atoms with E-state index in [9.17, 15) is 0 Å². The first kappa shape index (κ1) is 18.9. The Labute approximate surface area is 175 Å². The van der Waals surface area contributed by atoms with Gasteiger partial charge in [-0.1, -0.05) is 30.3 Å². The van der Waals surface area contributed by atoms with Crippen LogP contribution in [0.25, 0.3) is 27.9 Å². The zero-order chi connectivity index (χ0) is 20.3. The van der Waals surface area contributed by atoms with Gasteiger partial charge in [-0.05, 0) is 12.1 Å². The van der Waals surface area contributed by atoms with Crippen molar-refractivity contribution < 1.29 is 4.74 Å². The summed E-state index contributed by atoms with van der Waals surface area (Å²) in [5.41, 5.74) is 14.7. The molecule has 154 valence electrons. The Morgan fingerprint density at radius 2 is 1.80 bits per heavy atom. The van der Waals surface area contributed by atoms with Crippen LogP contribution in [-0.4, -0.2) is 70.8 Å². The van der Waals surface area contributed by atoms with Gasteiger partial charge in [0.1, 0.15) is 11.2 Å². The molecule has 5 rings (SSSR count). The van der Waals surface area contributed by atoms with Crippen LogP contribution in [0.3, 0.4) is 0 Å². The minimum absolute atomic E-state index is 0.256. The van der Waals surface area contributed by atoms with Crippen molar-refractivity contribution in [2.45, 2.75) is 0 Å². The van der Waals surface area contributed by atoms with E-state index in [4.69, 9.17) is 15.5 Å².